The fourth-order valence-corrected chi connectivity index (χ4v) is 1.44. The minimum Gasteiger partial charge on any atom is -0.397 e. The SMILES string of the molecule is C=Nc1c(N)cc(SC)cc1N. The maximum Gasteiger partial charge on any atom is 0.108 e. The molecule has 1 aromatic carbocycles. The third-order valence-electron chi connectivity index (χ3n) is 1.54. The molecule has 1 aromatic rings. The lowest BCUT2D eigenvalue weighted by atomic mass is 10.2. The van der Waals surface area contributed by atoms with Crippen LogP contribution < -0.4 is 11.5 Å². The van der Waals surface area contributed by atoms with Gasteiger partial charge in [0.2, 0.25) is 0 Å². The molecule has 0 aliphatic carbocycles. The van der Waals surface area contributed by atoms with Crippen molar-refractivity contribution in [2.24, 2.45) is 4.99 Å². The Labute approximate surface area is 75.9 Å². The molecular formula is C8H11N3S. The third-order valence-corrected chi connectivity index (χ3v) is 2.24. The Morgan fingerprint density at radius 1 is 1.33 bits per heavy atom. The maximum absolute atomic E-state index is 5.68. The average molecular weight is 181 g/mol. The molecule has 0 saturated carbocycles. The summed E-state index contributed by atoms with van der Waals surface area (Å²) in [5.74, 6) is 0. The van der Waals surface area contributed by atoms with Gasteiger partial charge < -0.3 is 11.5 Å². The molecule has 1 rings (SSSR count). The predicted octanol–water partition coefficient (Wildman–Crippen LogP) is 1.90. The molecule has 0 aliphatic heterocycles. The zero-order chi connectivity index (χ0) is 9.14. The summed E-state index contributed by atoms with van der Waals surface area (Å²) in [5, 5.41) is 0. The Morgan fingerprint density at radius 2 is 1.83 bits per heavy atom. The molecule has 4 heteroatoms. The molecule has 0 spiro atoms. The zero-order valence-corrected chi connectivity index (χ0v) is 7.69. The summed E-state index contributed by atoms with van der Waals surface area (Å²) in [6.07, 6.45) is 1.97. The molecule has 12 heavy (non-hydrogen) atoms. The summed E-state index contributed by atoms with van der Waals surface area (Å²) < 4.78 is 0. The van der Waals surface area contributed by atoms with E-state index in [1.165, 1.54) is 0 Å². The number of benzene rings is 1. The molecule has 0 atom stereocenters. The molecule has 4 N–H and O–H groups in total. The second-order valence-corrected chi connectivity index (χ2v) is 3.19. The van der Waals surface area contributed by atoms with E-state index in [9.17, 15) is 0 Å². The van der Waals surface area contributed by atoms with Crippen molar-refractivity contribution in [1.82, 2.24) is 0 Å². The number of hydrogen-bond donors (Lipinski definition) is 2. The summed E-state index contributed by atoms with van der Waals surface area (Å²) in [6.45, 7) is 3.39. The van der Waals surface area contributed by atoms with Crippen molar-refractivity contribution >= 4 is 35.5 Å². The molecule has 64 valence electrons. The van der Waals surface area contributed by atoms with E-state index in [0.717, 1.165) is 4.90 Å². The lowest BCUT2D eigenvalue weighted by Gasteiger charge is -2.05. The molecule has 0 amide bonds. The van der Waals surface area contributed by atoms with Crippen LogP contribution in [0.3, 0.4) is 0 Å². The monoisotopic (exact) mass is 181 g/mol. The normalized spacial score (nSPS) is 9.75. The fraction of sp³-hybridized carbons (Fsp3) is 0.125. The summed E-state index contributed by atoms with van der Waals surface area (Å²) in [4.78, 5) is 4.78. The molecule has 0 radical (unpaired) electrons. The van der Waals surface area contributed by atoms with Crippen LogP contribution in [0.25, 0.3) is 0 Å². The Bertz CT molecular complexity index is 286. The van der Waals surface area contributed by atoms with Gasteiger partial charge in [-0.3, -0.25) is 4.99 Å². The number of anilines is 2. The Morgan fingerprint density at radius 3 is 2.17 bits per heavy atom. The Hall–Kier alpha value is -1.16. The van der Waals surface area contributed by atoms with Gasteiger partial charge >= 0.3 is 0 Å². The number of nitrogen functional groups attached to an aromatic ring is 2. The lowest BCUT2D eigenvalue weighted by Crippen LogP contribution is -1.92. The minimum absolute atomic E-state index is 0.577. The first-order valence-electron chi connectivity index (χ1n) is 3.38. The molecular weight excluding hydrogens is 170 g/mol. The van der Waals surface area contributed by atoms with E-state index in [2.05, 4.69) is 11.7 Å². The van der Waals surface area contributed by atoms with Crippen molar-refractivity contribution in [2.75, 3.05) is 17.7 Å². The molecule has 0 heterocycles. The number of nitrogens with two attached hydrogens (primary N) is 2. The molecule has 0 aromatic heterocycles. The van der Waals surface area contributed by atoms with E-state index < -0.39 is 0 Å². The Kier molecular flexibility index (Phi) is 2.60. The average Bonchev–Trinajstić information content (AvgIpc) is 2.03. The second-order valence-electron chi connectivity index (χ2n) is 2.31. The van der Waals surface area contributed by atoms with Gasteiger partial charge in [-0.15, -0.1) is 11.8 Å². The predicted molar refractivity (Wildman–Crippen MR) is 56.3 cm³/mol. The highest BCUT2D eigenvalue weighted by Crippen LogP contribution is 2.33. The molecule has 0 aliphatic rings. The van der Waals surface area contributed by atoms with Crippen LogP contribution in [0.4, 0.5) is 17.1 Å². The van der Waals surface area contributed by atoms with E-state index in [0.29, 0.717) is 17.1 Å². The van der Waals surface area contributed by atoms with E-state index >= 15 is 0 Å². The molecule has 0 saturated heterocycles. The first-order valence-corrected chi connectivity index (χ1v) is 4.61. The zero-order valence-electron chi connectivity index (χ0n) is 6.87. The number of nitrogens with zero attached hydrogens (tertiary/aromatic N) is 1. The number of hydrogen-bond acceptors (Lipinski definition) is 4. The highest BCUT2D eigenvalue weighted by Gasteiger charge is 2.03. The highest BCUT2D eigenvalue weighted by molar-refractivity contribution is 7.98. The van der Waals surface area contributed by atoms with Crippen LogP contribution in [0.5, 0.6) is 0 Å². The van der Waals surface area contributed by atoms with Gasteiger partial charge in [0.1, 0.15) is 5.69 Å². The van der Waals surface area contributed by atoms with Crippen LogP contribution in [0.15, 0.2) is 22.0 Å². The lowest BCUT2D eigenvalue weighted by molar-refractivity contribution is 1.43. The van der Waals surface area contributed by atoms with Crippen LogP contribution in [0.2, 0.25) is 0 Å². The highest BCUT2D eigenvalue weighted by atomic mass is 32.2. The second kappa shape index (κ2) is 3.49. The van der Waals surface area contributed by atoms with E-state index in [1.54, 1.807) is 11.8 Å². The number of rotatable bonds is 2. The van der Waals surface area contributed by atoms with Gasteiger partial charge in [-0.05, 0) is 25.1 Å². The number of aliphatic imine (C=N–C) groups is 1. The van der Waals surface area contributed by atoms with Gasteiger partial charge in [0.15, 0.2) is 0 Å². The minimum atomic E-state index is 0.577. The van der Waals surface area contributed by atoms with Crippen molar-refractivity contribution < 1.29 is 0 Å². The molecule has 3 nitrogen and oxygen atoms in total. The van der Waals surface area contributed by atoms with Crippen LogP contribution in [0.1, 0.15) is 0 Å². The van der Waals surface area contributed by atoms with Crippen LogP contribution in [-0.4, -0.2) is 13.0 Å². The van der Waals surface area contributed by atoms with Crippen LogP contribution >= 0.6 is 11.8 Å². The standard InChI is InChI=1S/C8H11N3S/c1-11-8-6(9)3-5(12-2)4-7(8)10/h3-4H,1,9-10H2,2H3. The first kappa shape index (κ1) is 8.93. The van der Waals surface area contributed by atoms with E-state index in [4.69, 9.17) is 11.5 Å². The fourth-order valence-electron chi connectivity index (χ4n) is 0.952. The van der Waals surface area contributed by atoms with Crippen molar-refractivity contribution in [2.45, 2.75) is 4.90 Å². The van der Waals surface area contributed by atoms with Crippen LogP contribution in [-0.2, 0) is 0 Å². The van der Waals surface area contributed by atoms with Gasteiger partial charge in [0.25, 0.3) is 0 Å². The van der Waals surface area contributed by atoms with Crippen molar-refractivity contribution in [3.63, 3.8) is 0 Å². The van der Waals surface area contributed by atoms with Gasteiger partial charge in [-0.1, -0.05) is 0 Å². The first-order chi connectivity index (χ1) is 5.69. The maximum atomic E-state index is 5.68. The van der Waals surface area contributed by atoms with E-state index in [-0.39, 0.29) is 0 Å². The van der Waals surface area contributed by atoms with Gasteiger partial charge in [-0.2, -0.15) is 0 Å². The molecule has 0 bridgehead atoms. The quantitative estimate of drug-likeness (QED) is 0.416. The van der Waals surface area contributed by atoms with Gasteiger partial charge in [-0.25, -0.2) is 0 Å². The van der Waals surface area contributed by atoms with Crippen LogP contribution in [0, 0.1) is 0 Å². The topological polar surface area (TPSA) is 64.4 Å². The smallest absolute Gasteiger partial charge is 0.108 e. The van der Waals surface area contributed by atoms with Crippen molar-refractivity contribution in [3.05, 3.63) is 12.1 Å². The Balaban J connectivity index is 3.27. The van der Waals surface area contributed by atoms with Crippen molar-refractivity contribution in [1.29, 1.82) is 0 Å². The number of thioether (sulfide) groups is 1. The summed E-state index contributed by atoms with van der Waals surface area (Å²) in [5.41, 5.74) is 13.1. The van der Waals surface area contributed by atoms with E-state index in [1.807, 2.05) is 18.4 Å². The van der Waals surface area contributed by atoms with Gasteiger partial charge in [0, 0.05) is 4.90 Å². The third kappa shape index (κ3) is 1.53. The molecule has 0 unspecified atom stereocenters. The summed E-state index contributed by atoms with van der Waals surface area (Å²) in [7, 11) is 0. The molecule has 0 fully saturated rings. The van der Waals surface area contributed by atoms with Crippen molar-refractivity contribution in [3.8, 4) is 0 Å². The summed E-state index contributed by atoms with van der Waals surface area (Å²) >= 11 is 1.59. The summed E-state index contributed by atoms with van der Waals surface area (Å²) in [6, 6.07) is 3.68. The largest absolute Gasteiger partial charge is 0.397 e. The van der Waals surface area contributed by atoms with Gasteiger partial charge in [0.05, 0.1) is 11.4 Å².